The van der Waals surface area contributed by atoms with Crippen LogP contribution in [0.2, 0.25) is 0 Å². The van der Waals surface area contributed by atoms with Crippen molar-refractivity contribution < 1.29 is 13.9 Å². The summed E-state index contributed by atoms with van der Waals surface area (Å²) in [6, 6.07) is 4.94. The van der Waals surface area contributed by atoms with Crippen LogP contribution in [0.4, 0.5) is 4.39 Å². The van der Waals surface area contributed by atoms with Crippen molar-refractivity contribution in [3.63, 3.8) is 0 Å². The molecule has 1 aromatic carbocycles. The molecule has 3 rings (SSSR count). The molecule has 0 aliphatic heterocycles. The smallest absolute Gasteiger partial charge is 0.334 e. The summed E-state index contributed by atoms with van der Waals surface area (Å²) in [7, 11) is 0. The van der Waals surface area contributed by atoms with Gasteiger partial charge in [0.15, 0.2) is 0 Å². The molecule has 118 valence electrons. The van der Waals surface area contributed by atoms with E-state index in [4.69, 9.17) is 4.74 Å². The number of hydrogen-bond donors (Lipinski definition) is 0. The molecule has 22 heavy (non-hydrogen) atoms. The molecule has 1 fully saturated rings. The van der Waals surface area contributed by atoms with E-state index in [0.717, 1.165) is 56.1 Å². The predicted molar refractivity (Wildman–Crippen MR) is 83.9 cm³/mol. The fourth-order valence-electron chi connectivity index (χ4n) is 4.09. The fraction of sp³-hybridized carbons (Fsp3) is 0.526. The Labute approximate surface area is 131 Å². The van der Waals surface area contributed by atoms with E-state index in [2.05, 4.69) is 6.58 Å². The molecule has 2 nitrogen and oxygen atoms in total. The summed E-state index contributed by atoms with van der Waals surface area (Å²) >= 11 is 0. The SMILES string of the molecule is C=C(C)C(=O)OC1(C2CCCC2)CCCc2ccc(F)cc21. The van der Waals surface area contributed by atoms with Crippen LogP contribution in [0.15, 0.2) is 30.4 Å². The fourth-order valence-corrected chi connectivity index (χ4v) is 4.09. The number of ether oxygens (including phenoxy) is 1. The minimum Gasteiger partial charge on any atom is -0.451 e. The molecule has 2 aliphatic rings. The van der Waals surface area contributed by atoms with Crippen molar-refractivity contribution in [2.24, 2.45) is 5.92 Å². The Hall–Kier alpha value is -1.64. The number of carbonyl (C=O) groups is 1. The molecule has 1 saturated carbocycles. The maximum Gasteiger partial charge on any atom is 0.334 e. The third-order valence-corrected chi connectivity index (χ3v) is 5.16. The Bertz CT molecular complexity index is 601. The first-order valence-electron chi connectivity index (χ1n) is 8.21. The Morgan fingerprint density at radius 1 is 1.32 bits per heavy atom. The molecule has 0 amide bonds. The van der Waals surface area contributed by atoms with Gasteiger partial charge in [0.25, 0.3) is 0 Å². The quantitative estimate of drug-likeness (QED) is 0.599. The summed E-state index contributed by atoms with van der Waals surface area (Å²) in [6.07, 6.45) is 7.07. The van der Waals surface area contributed by atoms with E-state index in [1.165, 1.54) is 6.07 Å². The summed E-state index contributed by atoms with van der Waals surface area (Å²) < 4.78 is 19.9. The minimum absolute atomic E-state index is 0.255. The third kappa shape index (κ3) is 2.57. The van der Waals surface area contributed by atoms with Gasteiger partial charge < -0.3 is 4.74 Å². The highest BCUT2D eigenvalue weighted by Gasteiger charge is 2.47. The highest BCUT2D eigenvalue weighted by atomic mass is 19.1. The number of rotatable bonds is 3. The molecule has 0 bridgehead atoms. The minimum atomic E-state index is -0.664. The largest absolute Gasteiger partial charge is 0.451 e. The molecule has 0 aromatic heterocycles. The summed E-state index contributed by atoms with van der Waals surface area (Å²) in [6.45, 7) is 5.37. The van der Waals surface area contributed by atoms with E-state index in [-0.39, 0.29) is 17.7 Å². The molecule has 0 spiro atoms. The normalized spacial score (nSPS) is 24.8. The second kappa shape index (κ2) is 5.86. The van der Waals surface area contributed by atoms with Gasteiger partial charge in [0, 0.05) is 17.1 Å². The first-order valence-corrected chi connectivity index (χ1v) is 8.21. The van der Waals surface area contributed by atoms with Crippen molar-refractivity contribution in [1.29, 1.82) is 0 Å². The lowest BCUT2D eigenvalue weighted by atomic mass is 9.70. The van der Waals surface area contributed by atoms with Crippen LogP contribution in [-0.4, -0.2) is 5.97 Å². The first-order chi connectivity index (χ1) is 10.5. The van der Waals surface area contributed by atoms with Crippen LogP contribution in [0.3, 0.4) is 0 Å². The van der Waals surface area contributed by atoms with Gasteiger partial charge in [-0.15, -0.1) is 0 Å². The Kier molecular flexibility index (Phi) is 4.07. The molecule has 1 unspecified atom stereocenters. The van der Waals surface area contributed by atoms with E-state index >= 15 is 0 Å². The number of aryl methyl sites for hydroxylation is 1. The van der Waals surface area contributed by atoms with E-state index in [0.29, 0.717) is 5.57 Å². The molecule has 3 heteroatoms. The summed E-state index contributed by atoms with van der Waals surface area (Å²) in [4.78, 5) is 12.3. The lowest BCUT2D eigenvalue weighted by Gasteiger charge is -2.43. The van der Waals surface area contributed by atoms with Gasteiger partial charge in [-0.2, -0.15) is 0 Å². The number of carbonyl (C=O) groups excluding carboxylic acids is 1. The molecule has 0 saturated heterocycles. The molecule has 1 atom stereocenters. The maximum atomic E-state index is 13.9. The molecule has 0 radical (unpaired) electrons. The van der Waals surface area contributed by atoms with Gasteiger partial charge in [0.2, 0.25) is 0 Å². The van der Waals surface area contributed by atoms with Crippen molar-refractivity contribution in [3.8, 4) is 0 Å². The van der Waals surface area contributed by atoms with Gasteiger partial charge in [-0.25, -0.2) is 9.18 Å². The van der Waals surface area contributed by atoms with Crippen molar-refractivity contribution in [1.82, 2.24) is 0 Å². The topological polar surface area (TPSA) is 26.3 Å². The second-order valence-electron chi connectivity index (χ2n) is 6.70. The first kappa shape index (κ1) is 15.3. The van der Waals surface area contributed by atoms with Gasteiger partial charge in [-0.3, -0.25) is 0 Å². The molecule has 2 aliphatic carbocycles. The van der Waals surface area contributed by atoms with E-state index in [9.17, 15) is 9.18 Å². The van der Waals surface area contributed by atoms with Crippen LogP contribution < -0.4 is 0 Å². The zero-order valence-corrected chi connectivity index (χ0v) is 13.2. The molecule has 0 N–H and O–H groups in total. The Balaban J connectivity index is 2.08. The summed E-state index contributed by atoms with van der Waals surface area (Å²) in [5.41, 5.74) is 1.75. The zero-order valence-electron chi connectivity index (χ0n) is 13.2. The van der Waals surface area contributed by atoms with Crippen LogP contribution in [0.5, 0.6) is 0 Å². The van der Waals surface area contributed by atoms with Crippen LogP contribution in [-0.2, 0) is 21.6 Å². The standard InChI is InChI=1S/C19H23FO2/c1-13(2)18(21)22-19(15-7-3-4-8-15)11-5-6-14-9-10-16(20)12-17(14)19/h9-10,12,15H,1,3-8,11H2,2H3. The average molecular weight is 302 g/mol. The van der Waals surface area contributed by atoms with Crippen molar-refractivity contribution in [2.75, 3.05) is 0 Å². The third-order valence-electron chi connectivity index (χ3n) is 5.16. The number of halogens is 1. The van der Waals surface area contributed by atoms with Gasteiger partial charge in [0.1, 0.15) is 11.4 Å². The lowest BCUT2D eigenvalue weighted by molar-refractivity contribution is -0.165. The van der Waals surface area contributed by atoms with Crippen molar-refractivity contribution in [2.45, 2.75) is 57.5 Å². The lowest BCUT2D eigenvalue weighted by Crippen LogP contribution is -2.42. The number of esters is 1. The summed E-state index contributed by atoms with van der Waals surface area (Å²) in [5.74, 6) is -0.324. The Morgan fingerprint density at radius 2 is 2.05 bits per heavy atom. The number of hydrogen-bond acceptors (Lipinski definition) is 2. The predicted octanol–water partition coefficient (Wildman–Crippen LogP) is 4.67. The van der Waals surface area contributed by atoms with Crippen LogP contribution in [0, 0.1) is 11.7 Å². The second-order valence-corrected chi connectivity index (χ2v) is 6.70. The maximum absolute atomic E-state index is 13.9. The van der Waals surface area contributed by atoms with Crippen molar-refractivity contribution in [3.05, 3.63) is 47.3 Å². The van der Waals surface area contributed by atoms with Crippen molar-refractivity contribution >= 4 is 5.97 Å². The molecule has 0 heterocycles. The highest BCUT2D eigenvalue weighted by molar-refractivity contribution is 5.87. The van der Waals surface area contributed by atoms with Gasteiger partial charge >= 0.3 is 5.97 Å². The van der Waals surface area contributed by atoms with E-state index < -0.39 is 5.60 Å². The molecule has 1 aromatic rings. The number of benzene rings is 1. The zero-order chi connectivity index (χ0) is 15.7. The Morgan fingerprint density at radius 3 is 2.73 bits per heavy atom. The summed E-state index contributed by atoms with van der Waals surface area (Å²) in [5, 5.41) is 0. The molecular formula is C19H23FO2. The van der Waals surface area contributed by atoms with Crippen LogP contribution in [0.25, 0.3) is 0 Å². The van der Waals surface area contributed by atoms with Gasteiger partial charge in [0.05, 0.1) is 0 Å². The number of fused-ring (bicyclic) bond motifs is 1. The van der Waals surface area contributed by atoms with Gasteiger partial charge in [-0.05, 0) is 56.7 Å². The van der Waals surface area contributed by atoms with E-state index in [1.54, 1.807) is 13.0 Å². The van der Waals surface area contributed by atoms with Crippen LogP contribution in [0.1, 0.15) is 56.6 Å². The van der Waals surface area contributed by atoms with E-state index in [1.807, 2.05) is 6.07 Å². The highest BCUT2D eigenvalue weighted by Crippen LogP contribution is 2.50. The van der Waals surface area contributed by atoms with Gasteiger partial charge in [-0.1, -0.05) is 25.5 Å². The monoisotopic (exact) mass is 302 g/mol. The average Bonchev–Trinajstić information content (AvgIpc) is 3.02. The van der Waals surface area contributed by atoms with Crippen LogP contribution >= 0.6 is 0 Å². The molecular weight excluding hydrogens is 279 g/mol.